The average Bonchev–Trinajstić information content (AvgIpc) is 2.78. The van der Waals surface area contributed by atoms with Crippen molar-refractivity contribution in [2.75, 3.05) is 19.6 Å². The fourth-order valence-corrected chi connectivity index (χ4v) is 5.32. The molecule has 1 N–H and O–H groups in total. The summed E-state index contributed by atoms with van der Waals surface area (Å²) in [4.78, 5) is 2.58. The molecule has 3 fully saturated rings. The lowest BCUT2D eigenvalue weighted by Gasteiger charge is -2.45. The molecule has 0 spiro atoms. The van der Waals surface area contributed by atoms with Crippen LogP contribution in [0.15, 0.2) is 54.6 Å². The van der Waals surface area contributed by atoms with Crippen LogP contribution in [0.25, 0.3) is 10.8 Å². The molecule has 1 atom stereocenters. The molecule has 3 saturated heterocycles. The molecule has 0 amide bonds. The second-order valence-electron chi connectivity index (χ2n) is 8.41. The SMILES string of the molecule is Cl.Cl.Clc1ccc(COc2ccc3ccccc3c2CNC2CN3CCC2CC3)c(Cl)c1. The summed E-state index contributed by atoms with van der Waals surface area (Å²) in [6.07, 6.45) is 2.62. The molecule has 0 saturated carbocycles. The molecule has 0 aliphatic carbocycles. The van der Waals surface area contributed by atoms with Gasteiger partial charge in [0.2, 0.25) is 0 Å². The van der Waals surface area contributed by atoms with Crippen molar-refractivity contribution < 1.29 is 4.74 Å². The molecule has 3 nitrogen and oxygen atoms in total. The molecule has 3 heterocycles. The highest BCUT2D eigenvalue weighted by Gasteiger charge is 2.33. The summed E-state index contributed by atoms with van der Waals surface area (Å²) < 4.78 is 6.28. The summed E-state index contributed by atoms with van der Waals surface area (Å²) in [5, 5.41) is 7.60. The molecule has 1 unspecified atom stereocenters. The van der Waals surface area contributed by atoms with Crippen LogP contribution in [0.5, 0.6) is 5.75 Å². The first kappa shape index (κ1) is 25.4. The third-order valence-corrected chi connectivity index (χ3v) is 7.18. The van der Waals surface area contributed by atoms with Crippen LogP contribution in [0.2, 0.25) is 10.0 Å². The predicted octanol–water partition coefficient (Wildman–Crippen LogP) is 6.75. The third kappa shape index (κ3) is 5.47. The zero-order valence-electron chi connectivity index (χ0n) is 17.7. The van der Waals surface area contributed by atoms with E-state index in [-0.39, 0.29) is 24.8 Å². The Morgan fingerprint density at radius 2 is 1.75 bits per heavy atom. The maximum Gasteiger partial charge on any atom is 0.124 e. The van der Waals surface area contributed by atoms with Gasteiger partial charge < -0.3 is 15.0 Å². The molecule has 32 heavy (non-hydrogen) atoms. The molecule has 0 aromatic heterocycles. The fraction of sp³-hybridized carbons (Fsp3) is 0.360. The van der Waals surface area contributed by atoms with Crippen LogP contribution in [0.3, 0.4) is 0 Å². The number of piperidine rings is 3. The van der Waals surface area contributed by atoms with E-state index in [4.69, 9.17) is 27.9 Å². The van der Waals surface area contributed by atoms with Gasteiger partial charge in [-0.2, -0.15) is 0 Å². The van der Waals surface area contributed by atoms with E-state index in [0.717, 1.165) is 30.3 Å². The molecular weight excluding hydrogens is 486 g/mol. The average molecular weight is 514 g/mol. The zero-order valence-corrected chi connectivity index (χ0v) is 20.9. The van der Waals surface area contributed by atoms with Crippen molar-refractivity contribution in [3.8, 4) is 5.75 Å². The van der Waals surface area contributed by atoms with Crippen molar-refractivity contribution in [1.82, 2.24) is 10.2 Å². The minimum Gasteiger partial charge on any atom is -0.488 e. The third-order valence-electron chi connectivity index (χ3n) is 6.59. The summed E-state index contributed by atoms with van der Waals surface area (Å²) in [5.41, 5.74) is 2.15. The molecule has 172 valence electrons. The van der Waals surface area contributed by atoms with Gasteiger partial charge in [-0.05, 0) is 60.8 Å². The van der Waals surface area contributed by atoms with E-state index in [1.807, 2.05) is 12.1 Å². The lowest BCUT2D eigenvalue weighted by Crippen LogP contribution is -2.55. The number of fused-ring (bicyclic) bond motifs is 4. The van der Waals surface area contributed by atoms with Gasteiger partial charge in [-0.15, -0.1) is 24.8 Å². The summed E-state index contributed by atoms with van der Waals surface area (Å²) in [5.74, 6) is 1.70. The van der Waals surface area contributed by atoms with E-state index < -0.39 is 0 Å². The second-order valence-corrected chi connectivity index (χ2v) is 9.26. The van der Waals surface area contributed by atoms with Crippen molar-refractivity contribution in [3.63, 3.8) is 0 Å². The standard InChI is InChI=1S/C25H26Cl2N2O.2ClH/c26-20-7-5-19(23(27)13-20)16-30-25-8-6-17-3-1-2-4-21(17)22(25)14-28-24-15-29-11-9-18(24)10-12-29;;/h1-8,13,18,24,28H,9-12,14-16H2;2*1H. The molecule has 6 rings (SSSR count). The Morgan fingerprint density at radius 1 is 0.969 bits per heavy atom. The van der Waals surface area contributed by atoms with Crippen LogP contribution in [0.1, 0.15) is 24.0 Å². The first-order valence-corrected chi connectivity index (χ1v) is 11.5. The summed E-state index contributed by atoms with van der Waals surface area (Å²) >= 11 is 12.4. The highest BCUT2D eigenvalue weighted by atomic mass is 35.5. The lowest BCUT2D eigenvalue weighted by molar-refractivity contribution is 0.0719. The molecule has 3 aromatic carbocycles. The number of hydrogen-bond donors (Lipinski definition) is 1. The van der Waals surface area contributed by atoms with Crippen molar-refractivity contribution in [3.05, 3.63) is 75.8 Å². The van der Waals surface area contributed by atoms with E-state index in [1.54, 1.807) is 6.07 Å². The predicted molar refractivity (Wildman–Crippen MR) is 139 cm³/mol. The first-order chi connectivity index (χ1) is 14.7. The minimum atomic E-state index is 0. The van der Waals surface area contributed by atoms with Crippen LogP contribution in [-0.2, 0) is 13.2 Å². The molecule has 2 bridgehead atoms. The highest BCUT2D eigenvalue weighted by molar-refractivity contribution is 6.35. The van der Waals surface area contributed by atoms with Crippen LogP contribution in [0.4, 0.5) is 0 Å². The Labute approximate surface area is 212 Å². The summed E-state index contributed by atoms with van der Waals surface area (Å²) in [7, 11) is 0. The van der Waals surface area contributed by atoms with E-state index >= 15 is 0 Å². The number of hydrogen-bond acceptors (Lipinski definition) is 3. The molecule has 0 radical (unpaired) electrons. The second kappa shape index (κ2) is 11.3. The van der Waals surface area contributed by atoms with Gasteiger partial charge in [0.05, 0.1) is 0 Å². The van der Waals surface area contributed by atoms with Crippen molar-refractivity contribution in [2.45, 2.75) is 32.0 Å². The van der Waals surface area contributed by atoms with E-state index in [9.17, 15) is 0 Å². The van der Waals surface area contributed by atoms with E-state index in [1.165, 1.54) is 42.3 Å². The van der Waals surface area contributed by atoms with Crippen LogP contribution < -0.4 is 10.1 Å². The van der Waals surface area contributed by atoms with Gasteiger partial charge >= 0.3 is 0 Å². The van der Waals surface area contributed by atoms with Gasteiger partial charge in [0.15, 0.2) is 0 Å². The molecule has 3 aliphatic heterocycles. The maximum absolute atomic E-state index is 6.35. The van der Waals surface area contributed by atoms with E-state index in [2.05, 4.69) is 46.6 Å². The molecule has 7 heteroatoms. The van der Waals surface area contributed by atoms with Crippen LogP contribution in [0, 0.1) is 5.92 Å². The maximum atomic E-state index is 6.35. The number of nitrogens with one attached hydrogen (secondary N) is 1. The van der Waals surface area contributed by atoms with Crippen molar-refractivity contribution >= 4 is 58.8 Å². The Kier molecular flexibility index (Phi) is 8.97. The Balaban J connectivity index is 0.00000144. The lowest BCUT2D eigenvalue weighted by atomic mass is 9.84. The van der Waals surface area contributed by atoms with Gasteiger partial charge in [-0.3, -0.25) is 0 Å². The number of halogens is 4. The smallest absolute Gasteiger partial charge is 0.124 e. The van der Waals surface area contributed by atoms with Gasteiger partial charge in [0, 0.05) is 40.3 Å². The Hall–Kier alpha value is -1.20. The molecule has 3 aromatic rings. The van der Waals surface area contributed by atoms with Gasteiger partial charge in [0.25, 0.3) is 0 Å². The minimum absolute atomic E-state index is 0. The van der Waals surface area contributed by atoms with Crippen LogP contribution in [-0.4, -0.2) is 30.6 Å². The Morgan fingerprint density at radius 3 is 2.47 bits per heavy atom. The van der Waals surface area contributed by atoms with Gasteiger partial charge in [0.1, 0.15) is 12.4 Å². The summed E-state index contributed by atoms with van der Waals surface area (Å²) in [6, 6.07) is 18.8. The molecule has 3 aliphatic rings. The van der Waals surface area contributed by atoms with E-state index in [0.29, 0.717) is 22.7 Å². The highest BCUT2D eigenvalue weighted by Crippen LogP contribution is 2.32. The van der Waals surface area contributed by atoms with Crippen molar-refractivity contribution in [2.24, 2.45) is 5.92 Å². The number of benzene rings is 3. The fourth-order valence-electron chi connectivity index (χ4n) is 4.86. The number of nitrogens with zero attached hydrogens (tertiary/aromatic N) is 1. The first-order valence-electron chi connectivity index (χ1n) is 10.7. The summed E-state index contributed by atoms with van der Waals surface area (Å²) in [6.45, 7) is 4.90. The largest absolute Gasteiger partial charge is 0.488 e. The van der Waals surface area contributed by atoms with Crippen molar-refractivity contribution in [1.29, 1.82) is 0 Å². The quantitative estimate of drug-likeness (QED) is 0.394. The molecular formula is C25H28Cl4N2O. The number of ether oxygens (including phenoxy) is 1. The Bertz CT molecular complexity index is 1050. The van der Waals surface area contributed by atoms with Gasteiger partial charge in [-0.25, -0.2) is 0 Å². The monoisotopic (exact) mass is 512 g/mol. The van der Waals surface area contributed by atoms with Gasteiger partial charge in [-0.1, -0.05) is 59.6 Å². The van der Waals surface area contributed by atoms with Crippen LogP contribution >= 0.6 is 48.0 Å². The topological polar surface area (TPSA) is 24.5 Å². The number of rotatable bonds is 6. The normalized spacial score (nSPS) is 21.6. The zero-order chi connectivity index (χ0) is 20.5.